The van der Waals surface area contributed by atoms with Gasteiger partial charge < -0.3 is 4.98 Å². The number of thioether (sulfide) groups is 1. The molecule has 0 fully saturated rings. The van der Waals surface area contributed by atoms with E-state index >= 15 is 0 Å². The molecule has 30 heavy (non-hydrogen) atoms. The van der Waals surface area contributed by atoms with E-state index in [1.54, 1.807) is 10.6 Å². The zero-order valence-corrected chi connectivity index (χ0v) is 17.9. The highest BCUT2D eigenvalue weighted by molar-refractivity contribution is 7.98. The molecule has 10 heteroatoms. The summed E-state index contributed by atoms with van der Waals surface area (Å²) in [4.78, 5) is 19.8. The molecule has 154 valence electrons. The third kappa shape index (κ3) is 4.21. The van der Waals surface area contributed by atoms with Gasteiger partial charge in [0.25, 0.3) is 5.56 Å². The number of aromatic amines is 1. The highest BCUT2D eigenvalue weighted by atomic mass is 32.2. The first-order valence-corrected chi connectivity index (χ1v) is 11.0. The van der Waals surface area contributed by atoms with Crippen LogP contribution >= 0.6 is 35.3 Å². The molecule has 4 aromatic rings. The molecule has 4 nitrogen and oxygen atoms in total. The van der Waals surface area contributed by atoms with Gasteiger partial charge in [-0.05, 0) is 42.9 Å². The van der Waals surface area contributed by atoms with E-state index < -0.39 is 11.7 Å². The summed E-state index contributed by atoms with van der Waals surface area (Å²) in [5.74, 6) is 0.230. The first-order valence-electron chi connectivity index (χ1n) is 8.74. The molecule has 0 aliphatic carbocycles. The SMILES string of the molecule is Cc1ccc(-n2c(=S)sc3c(=O)[nH]c(SCc4cccc(C(F)(F)F)c4)nc32)cc1. The Hall–Kier alpha value is -2.43. The van der Waals surface area contributed by atoms with Gasteiger partial charge in [0.15, 0.2) is 14.8 Å². The topological polar surface area (TPSA) is 50.7 Å². The number of hydrogen-bond donors (Lipinski definition) is 1. The molecule has 1 N–H and O–H groups in total. The molecule has 2 aromatic heterocycles. The summed E-state index contributed by atoms with van der Waals surface area (Å²) in [5, 5.41) is 0.318. The lowest BCUT2D eigenvalue weighted by Crippen LogP contribution is -2.09. The Balaban J connectivity index is 1.69. The average Bonchev–Trinajstić information content (AvgIpc) is 3.03. The largest absolute Gasteiger partial charge is 0.416 e. The van der Waals surface area contributed by atoms with Crippen LogP contribution in [0.3, 0.4) is 0 Å². The van der Waals surface area contributed by atoms with Crippen LogP contribution in [0.15, 0.2) is 58.5 Å². The minimum Gasteiger partial charge on any atom is -0.300 e. The van der Waals surface area contributed by atoms with Crippen LogP contribution < -0.4 is 5.56 Å². The number of rotatable bonds is 4. The van der Waals surface area contributed by atoms with Crippen molar-refractivity contribution in [3.63, 3.8) is 0 Å². The Kier molecular flexibility index (Phi) is 5.56. The van der Waals surface area contributed by atoms with E-state index in [4.69, 9.17) is 12.2 Å². The maximum atomic E-state index is 12.9. The third-order valence-corrected chi connectivity index (χ3v) is 6.65. The van der Waals surface area contributed by atoms with E-state index in [0.717, 1.165) is 35.1 Å². The minimum absolute atomic E-state index is 0.230. The summed E-state index contributed by atoms with van der Waals surface area (Å²) in [5.41, 5.74) is 1.77. The zero-order chi connectivity index (χ0) is 21.5. The van der Waals surface area contributed by atoms with E-state index in [2.05, 4.69) is 9.97 Å². The fourth-order valence-corrected chi connectivity index (χ4v) is 4.94. The summed E-state index contributed by atoms with van der Waals surface area (Å²) in [6.07, 6.45) is -4.40. The smallest absolute Gasteiger partial charge is 0.300 e. The molecule has 0 spiro atoms. The lowest BCUT2D eigenvalue weighted by molar-refractivity contribution is -0.137. The van der Waals surface area contributed by atoms with E-state index in [-0.39, 0.29) is 11.3 Å². The van der Waals surface area contributed by atoms with Crippen LogP contribution in [0.5, 0.6) is 0 Å². The van der Waals surface area contributed by atoms with Gasteiger partial charge in [-0.25, -0.2) is 4.98 Å². The van der Waals surface area contributed by atoms with Gasteiger partial charge in [-0.3, -0.25) is 9.36 Å². The number of alkyl halides is 3. The number of aromatic nitrogens is 3. The molecule has 0 radical (unpaired) electrons. The van der Waals surface area contributed by atoms with Crippen molar-refractivity contribution >= 4 is 45.7 Å². The number of H-pyrrole nitrogens is 1. The second-order valence-corrected chi connectivity index (χ2v) is 9.16. The third-order valence-electron chi connectivity index (χ3n) is 4.34. The molecule has 0 bridgehead atoms. The summed E-state index contributed by atoms with van der Waals surface area (Å²) in [7, 11) is 0. The highest BCUT2D eigenvalue weighted by Crippen LogP contribution is 2.31. The zero-order valence-electron chi connectivity index (χ0n) is 15.5. The summed E-state index contributed by atoms with van der Waals surface area (Å²) in [6.45, 7) is 1.97. The van der Waals surface area contributed by atoms with Gasteiger partial charge in [0.1, 0.15) is 4.70 Å². The van der Waals surface area contributed by atoms with E-state index in [0.29, 0.717) is 25.0 Å². The predicted octanol–water partition coefficient (Wildman–Crippen LogP) is 6.12. The van der Waals surface area contributed by atoms with Crippen molar-refractivity contribution in [2.45, 2.75) is 24.0 Å². The van der Waals surface area contributed by atoms with Crippen molar-refractivity contribution in [1.82, 2.24) is 14.5 Å². The molecular weight excluding hydrogens is 451 g/mol. The van der Waals surface area contributed by atoms with Crippen molar-refractivity contribution < 1.29 is 13.2 Å². The number of thiazole rings is 1. The lowest BCUT2D eigenvalue weighted by Gasteiger charge is -2.09. The molecule has 2 heterocycles. The van der Waals surface area contributed by atoms with Crippen LogP contribution in [0.25, 0.3) is 16.0 Å². The quantitative estimate of drug-likeness (QED) is 0.224. The monoisotopic (exact) mass is 465 g/mol. The molecule has 0 saturated carbocycles. The first-order chi connectivity index (χ1) is 14.2. The Morgan fingerprint density at radius 2 is 1.93 bits per heavy atom. The second kappa shape index (κ2) is 8.01. The predicted molar refractivity (Wildman–Crippen MR) is 116 cm³/mol. The first kappa shape index (κ1) is 20.8. The normalized spacial score (nSPS) is 11.9. The summed E-state index contributed by atoms with van der Waals surface area (Å²) in [6, 6.07) is 12.8. The van der Waals surface area contributed by atoms with Crippen LogP contribution in [-0.2, 0) is 11.9 Å². The average molecular weight is 466 g/mol. The van der Waals surface area contributed by atoms with Gasteiger partial charge in [0.05, 0.1) is 5.56 Å². The molecule has 0 atom stereocenters. The molecular formula is C20H14F3N3OS3. The van der Waals surface area contributed by atoms with Crippen molar-refractivity contribution in [3.05, 3.63) is 79.5 Å². The number of nitrogens with zero attached hydrogens (tertiary/aromatic N) is 2. The van der Waals surface area contributed by atoms with Gasteiger partial charge in [-0.1, -0.05) is 59.0 Å². The Morgan fingerprint density at radius 1 is 1.20 bits per heavy atom. The minimum atomic E-state index is -4.40. The second-order valence-electron chi connectivity index (χ2n) is 6.55. The number of benzene rings is 2. The van der Waals surface area contributed by atoms with Crippen molar-refractivity contribution in [3.8, 4) is 5.69 Å². The van der Waals surface area contributed by atoms with E-state index in [1.165, 1.54) is 17.4 Å². The molecule has 2 aromatic carbocycles. The Labute approximate surface area is 182 Å². The Bertz CT molecular complexity index is 1340. The van der Waals surface area contributed by atoms with Gasteiger partial charge in [-0.2, -0.15) is 13.2 Å². The van der Waals surface area contributed by atoms with Crippen LogP contribution in [0, 0.1) is 10.9 Å². The van der Waals surface area contributed by atoms with Gasteiger partial charge in [0.2, 0.25) is 0 Å². The van der Waals surface area contributed by atoms with Crippen LogP contribution in [0.4, 0.5) is 13.2 Å². The number of halogens is 3. The van der Waals surface area contributed by atoms with Crippen LogP contribution in [0.1, 0.15) is 16.7 Å². The van der Waals surface area contributed by atoms with Crippen molar-refractivity contribution in [2.24, 2.45) is 0 Å². The van der Waals surface area contributed by atoms with E-state index in [1.807, 2.05) is 31.2 Å². The van der Waals surface area contributed by atoms with Gasteiger partial charge in [-0.15, -0.1) is 0 Å². The van der Waals surface area contributed by atoms with Crippen molar-refractivity contribution in [1.29, 1.82) is 0 Å². The molecule has 0 aliphatic rings. The standard InChI is InChI=1S/C20H14F3N3OS3/c1-11-5-7-14(8-6-11)26-16-15(30-19(26)28)17(27)25-18(24-16)29-10-12-3-2-4-13(9-12)20(21,22)23/h2-9H,10H2,1H3,(H,24,25,27). The number of fused-ring (bicyclic) bond motifs is 1. The van der Waals surface area contributed by atoms with Crippen LogP contribution in [0.2, 0.25) is 0 Å². The molecule has 4 rings (SSSR count). The highest BCUT2D eigenvalue weighted by Gasteiger charge is 2.30. The maximum Gasteiger partial charge on any atom is 0.416 e. The number of hydrogen-bond acceptors (Lipinski definition) is 5. The van der Waals surface area contributed by atoms with Crippen molar-refractivity contribution in [2.75, 3.05) is 0 Å². The molecule has 0 unspecified atom stereocenters. The number of aryl methyl sites for hydroxylation is 1. The fourth-order valence-electron chi connectivity index (χ4n) is 2.87. The Morgan fingerprint density at radius 3 is 2.63 bits per heavy atom. The lowest BCUT2D eigenvalue weighted by atomic mass is 10.1. The maximum absolute atomic E-state index is 12.9. The fraction of sp³-hybridized carbons (Fsp3) is 0.150. The number of nitrogens with one attached hydrogen (secondary N) is 1. The van der Waals surface area contributed by atoms with Gasteiger partial charge in [0, 0.05) is 11.4 Å². The summed E-state index contributed by atoms with van der Waals surface area (Å²) < 4.78 is 41.4. The molecule has 0 saturated heterocycles. The van der Waals surface area contributed by atoms with Gasteiger partial charge >= 0.3 is 6.18 Å². The molecule has 0 amide bonds. The summed E-state index contributed by atoms with van der Waals surface area (Å²) >= 11 is 7.77. The van der Waals surface area contributed by atoms with Crippen LogP contribution in [-0.4, -0.2) is 14.5 Å². The van der Waals surface area contributed by atoms with E-state index in [9.17, 15) is 18.0 Å². The molecule has 0 aliphatic heterocycles.